The van der Waals surface area contributed by atoms with E-state index in [9.17, 15) is 4.79 Å². The third kappa shape index (κ3) is 4.22. The topological polar surface area (TPSA) is 46.1 Å². The van der Waals surface area contributed by atoms with E-state index in [1.807, 2.05) is 54.3 Å². The van der Waals surface area contributed by atoms with E-state index in [0.29, 0.717) is 6.54 Å². The zero-order valence-electron chi connectivity index (χ0n) is 10.7. The van der Waals surface area contributed by atoms with Crippen LogP contribution in [0.5, 0.6) is 0 Å². The van der Waals surface area contributed by atoms with Gasteiger partial charge in [0.1, 0.15) is 6.54 Å². The number of nitrogens with one attached hydrogen (secondary N) is 2. The van der Waals surface area contributed by atoms with E-state index in [1.165, 1.54) is 0 Å². The van der Waals surface area contributed by atoms with Crippen molar-refractivity contribution < 1.29 is 4.79 Å². The number of carbonyl (C=O) groups is 1. The van der Waals surface area contributed by atoms with Gasteiger partial charge in [-0.1, -0.05) is 22.0 Å². The summed E-state index contributed by atoms with van der Waals surface area (Å²) in [5.41, 5.74) is 1.96. The lowest BCUT2D eigenvalue weighted by Crippen LogP contribution is -2.17. The summed E-state index contributed by atoms with van der Waals surface area (Å²) in [5.74, 6) is -0.0373. The summed E-state index contributed by atoms with van der Waals surface area (Å²) in [7, 11) is 1.90. The molecule has 1 heterocycles. The summed E-state index contributed by atoms with van der Waals surface area (Å²) in [6, 6.07) is 9.56. The number of aromatic nitrogens is 1. The molecule has 0 fully saturated rings. The first-order chi connectivity index (χ1) is 9.17. The van der Waals surface area contributed by atoms with Crippen LogP contribution < -0.4 is 10.6 Å². The van der Waals surface area contributed by atoms with Crippen molar-refractivity contribution in [3.05, 3.63) is 52.8 Å². The van der Waals surface area contributed by atoms with Crippen LogP contribution in [0.15, 0.2) is 47.2 Å². The third-order valence-corrected chi connectivity index (χ3v) is 3.12. The fourth-order valence-corrected chi connectivity index (χ4v) is 2.23. The van der Waals surface area contributed by atoms with Crippen LogP contribution in [0.25, 0.3) is 0 Å². The number of benzene rings is 1. The molecule has 100 valence electrons. The normalized spacial score (nSPS) is 10.4. The molecular weight excluding hydrogens is 306 g/mol. The van der Waals surface area contributed by atoms with Crippen molar-refractivity contribution in [2.24, 2.45) is 0 Å². The Morgan fingerprint density at radius 3 is 2.95 bits per heavy atom. The number of rotatable bonds is 5. The molecule has 0 atom stereocenters. The summed E-state index contributed by atoms with van der Waals surface area (Å²) in [4.78, 5) is 11.9. The zero-order chi connectivity index (χ0) is 13.7. The summed E-state index contributed by atoms with van der Waals surface area (Å²) >= 11 is 3.38. The first kappa shape index (κ1) is 13.8. The maximum absolute atomic E-state index is 11.9. The Balaban J connectivity index is 1.93. The van der Waals surface area contributed by atoms with Crippen LogP contribution in [0.1, 0.15) is 5.56 Å². The number of nitrogens with zero attached hydrogens (tertiary/aromatic N) is 1. The first-order valence-corrected chi connectivity index (χ1v) is 6.81. The SMILES string of the molecule is CNCc1ccn(CC(=O)Nc2cccc(Br)c2)c1. The van der Waals surface area contributed by atoms with Gasteiger partial charge in [-0.15, -0.1) is 0 Å². The second kappa shape index (κ2) is 6.54. The molecule has 0 spiro atoms. The van der Waals surface area contributed by atoms with Gasteiger partial charge in [-0.05, 0) is 36.9 Å². The predicted octanol–water partition coefficient (Wildman–Crippen LogP) is 2.61. The van der Waals surface area contributed by atoms with Gasteiger partial charge in [0.05, 0.1) is 0 Å². The number of hydrogen-bond acceptors (Lipinski definition) is 2. The lowest BCUT2D eigenvalue weighted by molar-refractivity contribution is -0.116. The van der Waals surface area contributed by atoms with Gasteiger partial charge < -0.3 is 15.2 Å². The molecule has 5 heteroatoms. The Labute approximate surface area is 120 Å². The van der Waals surface area contributed by atoms with Crippen molar-refractivity contribution in [2.75, 3.05) is 12.4 Å². The van der Waals surface area contributed by atoms with Crippen LogP contribution in [0, 0.1) is 0 Å². The smallest absolute Gasteiger partial charge is 0.244 e. The molecule has 1 amide bonds. The average Bonchev–Trinajstić information content (AvgIpc) is 2.77. The Bertz CT molecular complexity index is 565. The van der Waals surface area contributed by atoms with Crippen molar-refractivity contribution >= 4 is 27.5 Å². The van der Waals surface area contributed by atoms with E-state index in [2.05, 4.69) is 26.6 Å². The van der Waals surface area contributed by atoms with Gasteiger partial charge in [0, 0.05) is 29.1 Å². The number of amides is 1. The van der Waals surface area contributed by atoms with Crippen LogP contribution in [0.2, 0.25) is 0 Å². The molecule has 2 aromatic rings. The minimum absolute atomic E-state index is 0.0373. The molecular formula is C14H16BrN3O. The first-order valence-electron chi connectivity index (χ1n) is 6.02. The summed E-state index contributed by atoms with van der Waals surface area (Å²) < 4.78 is 2.82. The third-order valence-electron chi connectivity index (χ3n) is 2.63. The van der Waals surface area contributed by atoms with Crippen LogP contribution >= 0.6 is 15.9 Å². The molecule has 0 bridgehead atoms. The van der Waals surface area contributed by atoms with E-state index < -0.39 is 0 Å². The molecule has 4 nitrogen and oxygen atoms in total. The highest BCUT2D eigenvalue weighted by molar-refractivity contribution is 9.10. The van der Waals surface area contributed by atoms with E-state index in [1.54, 1.807) is 0 Å². The monoisotopic (exact) mass is 321 g/mol. The quantitative estimate of drug-likeness (QED) is 0.889. The number of halogens is 1. The molecule has 2 rings (SSSR count). The second-order valence-corrected chi connectivity index (χ2v) is 5.20. The van der Waals surface area contributed by atoms with Gasteiger partial charge in [-0.2, -0.15) is 0 Å². The average molecular weight is 322 g/mol. The minimum atomic E-state index is -0.0373. The molecule has 0 aliphatic rings. The highest BCUT2D eigenvalue weighted by atomic mass is 79.9. The lowest BCUT2D eigenvalue weighted by Gasteiger charge is -2.06. The maximum atomic E-state index is 11.9. The van der Waals surface area contributed by atoms with Crippen LogP contribution in [0.4, 0.5) is 5.69 Å². The Kier molecular flexibility index (Phi) is 4.76. The Hall–Kier alpha value is -1.59. The van der Waals surface area contributed by atoms with Crippen molar-refractivity contribution in [3.63, 3.8) is 0 Å². The molecule has 0 unspecified atom stereocenters. The van der Waals surface area contributed by atoms with Gasteiger partial charge in [-0.25, -0.2) is 0 Å². The Morgan fingerprint density at radius 2 is 2.21 bits per heavy atom. The van der Waals surface area contributed by atoms with Crippen molar-refractivity contribution in [1.82, 2.24) is 9.88 Å². The van der Waals surface area contributed by atoms with Gasteiger partial charge in [0.2, 0.25) is 5.91 Å². The highest BCUT2D eigenvalue weighted by Gasteiger charge is 2.04. The lowest BCUT2D eigenvalue weighted by atomic mass is 10.3. The minimum Gasteiger partial charge on any atom is -0.345 e. The predicted molar refractivity (Wildman–Crippen MR) is 80.0 cm³/mol. The number of carbonyl (C=O) groups excluding carboxylic acids is 1. The summed E-state index contributed by atoms with van der Waals surface area (Å²) in [5, 5.41) is 5.94. The maximum Gasteiger partial charge on any atom is 0.244 e. The largest absolute Gasteiger partial charge is 0.345 e. The zero-order valence-corrected chi connectivity index (χ0v) is 12.3. The molecule has 0 aliphatic carbocycles. The van der Waals surface area contributed by atoms with Gasteiger partial charge in [-0.3, -0.25) is 4.79 Å². The standard InChI is InChI=1S/C14H16BrN3O/c1-16-8-11-5-6-18(9-11)10-14(19)17-13-4-2-3-12(15)7-13/h2-7,9,16H,8,10H2,1H3,(H,17,19). The van der Waals surface area contributed by atoms with E-state index in [0.717, 1.165) is 22.3 Å². The molecule has 0 saturated carbocycles. The molecule has 0 saturated heterocycles. The van der Waals surface area contributed by atoms with Crippen molar-refractivity contribution in [2.45, 2.75) is 13.1 Å². The van der Waals surface area contributed by atoms with Crippen LogP contribution in [-0.4, -0.2) is 17.5 Å². The fourth-order valence-electron chi connectivity index (χ4n) is 1.83. The highest BCUT2D eigenvalue weighted by Crippen LogP contribution is 2.15. The summed E-state index contributed by atoms with van der Waals surface area (Å²) in [6.07, 6.45) is 3.88. The molecule has 2 N–H and O–H groups in total. The summed E-state index contributed by atoms with van der Waals surface area (Å²) in [6.45, 7) is 1.12. The Morgan fingerprint density at radius 1 is 1.37 bits per heavy atom. The number of hydrogen-bond donors (Lipinski definition) is 2. The second-order valence-electron chi connectivity index (χ2n) is 4.28. The van der Waals surface area contributed by atoms with E-state index >= 15 is 0 Å². The molecule has 1 aromatic heterocycles. The molecule has 19 heavy (non-hydrogen) atoms. The number of anilines is 1. The van der Waals surface area contributed by atoms with Gasteiger partial charge >= 0.3 is 0 Å². The molecule has 0 aliphatic heterocycles. The molecule has 1 aromatic carbocycles. The van der Waals surface area contributed by atoms with Crippen molar-refractivity contribution in [3.8, 4) is 0 Å². The molecule has 0 radical (unpaired) electrons. The van der Waals surface area contributed by atoms with Crippen LogP contribution in [-0.2, 0) is 17.9 Å². The van der Waals surface area contributed by atoms with Gasteiger partial charge in [0.15, 0.2) is 0 Å². The van der Waals surface area contributed by atoms with Crippen molar-refractivity contribution in [1.29, 1.82) is 0 Å². The fraction of sp³-hybridized carbons (Fsp3) is 0.214. The van der Waals surface area contributed by atoms with E-state index in [-0.39, 0.29) is 5.91 Å². The van der Waals surface area contributed by atoms with Gasteiger partial charge in [0.25, 0.3) is 0 Å². The van der Waals surface area contributed by atoms with E-state index in [4.69, 9.17) is 0 Å². The van der Waals surface area contributed by atoms with Crippen LogP contribution in [0.3, 0.4) is 0 Å².